The molecule has 0 bridgehead atoms. The third kappa shape index (κ3) is 4.10. The molecular formula is C12H24N2O2. The predicted octanol–water partition coefficient (Wildman–Crippen LogP) is 0.794. The number of carbonyl (C=O) groups is 1. The fraction of sp³-hybridized carbons (Fsp3) is 0.917. The molecule has 16 heavy (non-hydrogen) atoms. The van der Waals surface area contributed by atoms with Crippen LogP contribution in [0.5, 0.6) is 0 Å². The van der Waals surface area contributed by atoms with E-state index < -0.39 is 0 Å². The summed E-state index contributed by atoms with van der Waals surface area (Å²) in [4.78, 5) is 11.4. The minimum Gasteiger partial charge on any atom is -0.396 e. The van der Waals surface area contributed by atoms with Crippen LogP contribution in [0.4, 0.5) is 0 Å². The zero-order valence-electron chi connectivity index (χ0n) is 10.8. The molecule has 1 amide bonds. The Kier molecular flexibility index (Phi) is 3.97. The standard InChI is InChI=1S/C12H24N2O2/c1-11(2)7-9(8-12(3,4)14-11)13-10(16)5-6-15/h9,14-15H,5-8H2,1-4H3,(H,13,16). The van der Waals surface area contributed by atoms with Gasteiger partial charge in [0.15, 0.2) is 0 Å². The largest absolute Gasteiger partial charge is 0.396 e. The smallest absolute Gasteiger partial charge is 0.222 e. The van der Waals surface area contributed by atoms with E-state index in [0.29, 0.717) is 0 Å². The van der Waals surface area contributed by atoms with Crippen LogP contribution in [-0.4, -0.2) is 34.7 Å². The first-order valence-corrected chi connectivity index (χ1v) is 5.94. The first kappa shape index (κ1) is 13.5. The second kappa shape index (κ2) is 4.72. The molecule has 3 N–H and O–H groups in total. The third-order valence-electron chi connectivity index (χ3n) is 2.89. The van der Waals surface area contributed by atoms with Crippen molar-refractivity contribution >= 4 is 5.91 Å². The number of amides is 1. The lowest BCUT2D eigenvalue weighted by Crippen LogP contribution is -2.62. The van der Waals surface area contributed by atoms with E-state index in [1.807, 2.05) is 0 Å². The molecule has 0 unspecified atom stereocenters. The summed E-state index contributed by atoms with van der Waals surface area (Å²) in [6.45, 7) is 8.53. The topological polar surface area (TPSA) is 61.4 Å². The zero-order valence-corrected chi connectivity index (χ0v) is 10.8. The first-order valence-electron chi connectivity index (χ1n) is 5.94. The minimum atomic E-state index is -0.0798. The Morgan fingerprint density at radius 1 is 1.31 bits per heavy atom. The molecule has 0 aromatic carbocycles. The fourth-order valence-corrected chi connectivity index (χ4v) is 2.83. The maximum atomic E-state index is 11.4. The lowest BCUT2D eigenvalue weighted by molar-refractivity contribution is -0.122. The molecule has 94 valence electrons. The summed E-state index contributed by atoms with van der Waals surface area (Å²) in [5.74, 6) is -0.0546. The Morgan fingerprint density at radius 3 is 2.25 bits per heavy atom. The molecule has 0 atom stereocenters. The minimum absolute atomic E-state index is 0.0406. The van der Waals surface area contributed by atoms with Crippen LogP contribution < -0.4 is 10.6 Å². The molecule has 0 radical (unpaired) electrons. The van der Waals surface area contributed by atoms with E-state index in [2.05, 4.69) is 38.3 Å². The molecule has 1 rings (SSSR count). The van der Waals surface area contributed by atoms with E-state index in [0.717, 1.165) is 12.8 Å². The van der Waals surface area contributed by atoms with Gasteiger partial charge >= 0.3 is 0 Å². The van der Waals surface area contributed by atoms with Crippen molar-refractivity contribution in [1.82, 2.24) is 10.6 Å². The van der Waals surface area contributed by atoms with Gasteiger partial charge in [-0.25, -0.2) is 0 Å². The second-order valence-corrected chi connectivity index (χ2v) is 6.04. The molecular weight excluding hydrogens is 204 g/mol. The van der Waals surface area contributed by atoms with Gasteiger partial charge in [0.1, 0.15) is 0 Å². The molecule has 1 saturated heterocycles. The number of nitrogens with one attached hydrogen (secondary N) is 2. The fourth-order valence-electron chi connectivity index (χ4n) is 2.83. The average Bonchev–Trinajstić information content (AvgIpc) is 1.96. The Hall–Kier alpha value is -0.610. The van der Waals surface area contributed by atoms with Crippen molar-refractivity contribution in [3.63, 3.8) is 0 Å². The van der Waals surface area contributed by atoms with Gasteiger partial charge in [-0.3, -0.25) is 4.79 Å². The second-order valence-electron chi connectivity index (χ2n) is 6.04. The molecule has 0 saturated carbocycles. The van der Waals surface area contributed by atoms with Gasteiger partial charge < -0.3 is 15.7 Å². The van der Waals surface area contributed by atoms with Crippen molar-refractivity contribution in [1.29, 1.82) is 0 Å². The van der Waals surface area contributed by atoms with E-state index >= 15 is 0 Å². The van der Waals surface area contributed by atoms with Crippen molar-refractivity contribution < 1.29 is 9.90 Å². The summed E-state index contributed by atoms with van der Waals surface area (Å²) < 4.78 is 0. The van der Waals surface area contributed by atoms with Crippen LogP contribution in [0.25, 0.3) is 0 Å². The van der Waals surface area contributed by atoms with E-state index in [9.17, 15) is 4.79 Å². The number of aliphatic hydroxyl groups excluding tert-OH is 1. The molecule has 0 aliphatic carbocycles. The van der Waals surface area contributed by atoms with Crippen LogP contribution in [0.2, 0.25) is 0 Å². The molecule has 1 aliphatic heterocycles. The van der Waals surface area contributed by atoms with Crippen LogP contribution in [0.3, 0.4) is 0 Å². The van der Waals surface area contributed by atoms with Gasteiger partial charge in [0.05, 0.1) is 6.61 Å². The van der Waals surface area contributed by atoms with Crippen LogP contribution >= 0.6 is 0 Å². The Morgan fingerprint density at radius 2 is 1.81 bits per heavy atom. The van der Waals surface area contributed by atoms with Gasteiger partial charge in [-0.05, 0) is 40.5 Å². The highest BCUT2D eigenvalue weighted by Crippen LogP contribution is 2.28. The highest BCUT2D eigenvalue weighted by molar-refractivity contribution is 5.76. The van der Waals surface area contributed by atoms with Crippen LogP contribution in [0, 0.1) is 0 Å². The zero-order chi connectivity index (χ0) is 12.4. The summed E-state index contributed by atoms with van der Waals surface area (Å²) in [5, 5.41) is 15.3. The summed E-state index contributed by atoms with van der Waals surface area (Å²) >= 11 is 0. The molecule has 1 heterocycles. The number of hydrogen-bond acceptors (Lipinski definition) is 3. The number of hydrogen-bond donors (Lipinski definition) is 3. The number of aliphatic hydroxyl groups is 1. The molecule has 1 fully saturated rings. The van der Waals surface area contributed by atoms with Crippen molar-refractivity contribution in [2.45, 2.75) is 64.1 Å². The SMILES string of the molecule is CC1(C)CC(NC(=O)CCO)CC(C)(C)N1. The molecule has 4 heteroatoms. The van der Waals surface area contributed by atoms with E-state index in [4.69, 9.17) is 5.11 Å². The lowest BCUT2D eigenvalue weighted by atomic mass is 9.79. The lowest BCUT2D eigenvalue weighted by Gasteiger charge is -2.46. The Balaban J connectivity index is 2.57. The van der Waals surface area contributed by atoms with Gasteiger partial charge in [0.2, 0.25) is 5.91 Å². The monoisotopic (exact) mass is 228 g/mol. The molecule has 0 aromatic heterocycles. The highest BCUT2D eigenvalue weighted by Gasteiger charge is 2.37. The van der Waals surface area contributed by atoms with E-state index in [1.54, 1.807) is 0 Å². The molecule has 0 aromatic rings. The van der Waals surface area contributed by atoms with Gasteiger partial charge in [0, 0.05) is 23.5 Å². The van der Waals surface area contributed by atoms with Crippen molar-refractivity contribution in [2.75, 3.05) is 6.61 Å². The molecule has 4 nitrogen and oxygen atoms in total. The number of rotatable bonds is 3. The first-order chi connectivity index (χ1) is 7.24. The van der Waals surface area contributed by atoms with Crippen LogP contribution in [-0.2, 0) is 4.79 Å². The van der Waals surface area contributed by atoms with Gasteiger partial charge in [-0.15, -0.1) is 0 Å². The molecule has 1 aliphatic rings. The summed E-state index contributed by atoms with van der Waals surface area (Å²) in [6.07, 6.45) is 2.05. The van der Waals surface area contributed by atoms with E-state index in [-0.39, 0.29) is 36.1 Å². The van der Waals surface area contributed by atoms with Gasteiger partial charge in [-0.2, -0.15) is 0 Å². The maximum Gasteiger partial charge on any atom is 0.222 e. The van der Waals surface area contributed by atoms with Crippen LogP contribution in [0.15, 0.2) is 0 Å². The van der Waals surface area contributed by atoms with Gasteiger partial charge in [0.25, 0.3) is 0 Å². The van der Waals surface area contributed by atoms with Crippen molar-refractivity contribution in [2.24, 2.45) is 0 Å². The average molecular weight is 228 g/mol. The van der Waals surface area contributed by atoms with Crippen molar-refractivity contribution in [3.8, 4) is 0 Å². The van der Waals surface area contributed by atoms with Crippen molar-refractivity contribution in [3.05, 3.63) is 0 Å². The van der Waals surface area contributed by atoms with E-state index in [1.165, 1.54) is 0 Å². The Bertz CT molecular complexity index is 246. The third-order valence-corrected chi connectivity index (χ3v) is 2.89. The summed E-state index contributed by atoms with van der Waals surface area (Å²) in [7, 11) is 0. The normalized spacial score (nSPS) is 24.1. The number of piperidine rings is 1. The van der Waals surface area contributed by atoms with Gasteiger partial charge in [-0.1, -0.05) is 0 Å². The quantitative estimate of drug-likeness (QED) is 0.669. The Labute approximate surface area is 97.8 Å². The predicted molar refractivity (Wildman–Crippen MR) is 64.2 cm³/mol. The maximum absolute atomic E-state index is 11.4. The summed E-state index contributed by atoms with van der Waals surface area (Å²) in [5.41, 5.74) is 0.0812. The number of carbonyl (C=O) groups excluding carboxylic acids is 1. The summed E-state index contributed by atoms with van der Waals surface area (Å²) in [6, 6.07) is 0.199. The highest BCUT2D eigenvalue weighted by atomic mass is 16.3. The van der Waals surface area contributed by atoms with Crippen LogP contribution in [0.1, 0.15) is 47.0 Å². The molecule has 0 spiro atoms.